The third-order valence-electron chi connectivity index (χ3n) is 0. The van der Waals surface area contributed by atoms with Crippen molar-refractivity contribution in [1.29, 1.82) is 0 Å². The van der Waals surface area contributed by atoms with Crippen LogP contribution in [0.1, 0.15) is 0 Å². The fourth-order valence-electron chi connectivity index (χ4n) is 0. The summed E-state index contributed by atoms with van der Waals surface area (Å²) >= 11 is 2.05. The van der Waals surface area contributed by atoms with Crippen LogP contribution in [0.3, 0.4) is 0 Å². The zero-order valence-electron chi connectivity index (χ0n) is 2.82. The number of hydrogen-bond donors (Lipinski definition) is 0. The van der Waals surface area contributed by atoms with E-state index >= 15 is 0 Å². The van der Waals surface area contributed by atoms with Crippen LogP contribution in [0.2, 0.25) is 0 Å². The van der Waals surface area contributed by atoms with Gasteiger partial charge in [0.1, 0.15) is 0 Å². The topological polar surface area (TPSA) is 0 Å². The molecule has 0 rings (SSSR count). The monoisotopic (exact) mass is 180 g/mol. The zero-order valence-corrected chi connectivity index (χ0v) is 4.97. The maximum Gasteiger partial charge on any atom is -0.0306 e. The summed E-state index contributed by atoms with van der Waals surface area (Å²) in [6, 6.07) is 0. The molecule has 0 aliphatic carbocycles. The number of rotatable bonds is 0. The Morgan fingerprint density at radius 2 is 1.60 bits per heavy atom. The van der Waals surface area contributed by atoms with Crippen LogP contribution in [0.25, 0.3) is 0 Å². The van der Waals surface area contributed by atoms with Gasteiger partial charge in [0, 0.05) is 0 Å². The second-order valence-corrected chi connectivity index (χ2v) is 1.04. The third-order valence-corrected chi connectivity index (χ3v) is 0. The second-order valence-electron chi connectivity index (χ2n) is 0.154. The molecular formula is C4H5I. The lowest BCUT2D eigenvalue weighted by molar-refractivity contribution is 2.76. The van der Waals surface area contributed by atoms with Crippen molar-refractivity contribution in [2.24, 2.45) is 0 Å². The van der Waals surface area contributed by atoms with Crippen LogP contribution in [-0.4, -0.2) is 0 Å². The van der Waals surface area contributed by atoms with Gasteiger partial charge in [-0.1, -0.05) is 29.2 Å². The third kappa shape index (κ3) is 18500. The van der Waals surface area contributed by atoms with E-state index in [-0.39, 0.29) is 0 Å². The molecule has 0 aliphatic heterocycles. The average molecular weight is 180 g/mol. The minimum atomic E-state index is 1.72. The maximum atomic E-state index is 4.00. The smallest absolute Gasteiger partial charge is 0.0306 e. The molecule has 0 N–H and O–H groups in total. The first kappa shape index (κ1) is 8.90. The summed E-state index contributed by atoms with van der Waals surface area (Å²) in [5.74, 6) is 0. The van der Waals surface area contributed by atoms with E-state index < -0.39 is 0 Å². The maximum absolute atomic E-state index is 4.00. The van der Waals surface area contributed by atoms with Crippen molar-refractivity contribution >= 4 is 22.6 Å². The molecule has 28 valence electrons. The number of hydrogen-bond acceptors (Lipinski definition) is 0. The van der Waals surface area contributed by atoms with E-state index in [9.17, 15) is 0 Å². The Balaban J connectivity index is 0. The molecule has 5 heavy (non-hydrogen) atoms. The normalized spacial score (nSPS) is 3.00. The van der Waals surface area contributed by atoms with E-state index in [1.165, 1.54) is 0 Å². The van der Waals surface area contributed by atoms with E-state index in [1.54, 1.807) is 4.08 Å². The van der Waals surface area contributed by atoms with Gasteiger partial charge in [-0.3, -0.25) is 0 Å². The summed E-state index contributed by atoms with van der Waals surface area (Å²) in [7, 11) is 0. The van der Waals surface area contributed by atoms with Crippen LogP contribution in [0.5, 0.6) is 0 Å². The summed E-state index contributed by atoms with van der Waals surface area (Å²) in [5.41, 5.74) is 0. The van der Waals surface area contributed by atoms with Crippen molar-refractivity contribution in [3.63, 3.8) is 0 Å². The van der Waals surface area contributed by atoms with Gasteiger partial charge in [-0.25, -0.2) is 0 Å². The molecule has 0 aromatic carbocycles. The molecule has 0 aromatic heterocycles. The molecule has 1 heteroatoms. The minimum Gasteiger partial charge on any atom is -0.124 e. The Morgan fingerprint density at radius 3 is 1.60 bits per heavy atom. The number of halogens is 1. The summed E-state index contributed by atoms with van der Waals surface area (Å²) in [5, 5.41) is 0. The van der Waals surface area contributed by atoms with Crippen molar-refractivity contribution in [2.75, 3.05) is 0 Å². The molecule has 0 unspecified atom stereocenters. The van der Waals surface area contributed by atoms with Crippen molar-refractivity contribution in [2.45, 2.75) is 0 Å². The van der Waals surface area contributed by atoms with Crippen LogP contribution in [0.15, 0.2) is 10.7 Å². The van der Waals surface area contributed by atoms with Crippen LogP contribution >= 0.6 is 22.6 Å². The van der Waals surface area contributed by atoms with Crippen LogP contribution in [0, 0.1) is 12.8 Å². The Kier molecular flexibility index (Phi) is 62.1. The van der Waals surface area contributed by atoms with Gasteiger partial charge in [-0.2, -0.15) is 0 Å². The molecule has 0 saturated heterocycles. The Morgan fingerprint density at radius 1 is 1.60 bits per heavy atom. The summed E-state index contributed by atoms with van der Waals surface area (Å²) < 4.78 is 1.72. The van der Waals surface area contributed by atoms with Gasteiger partial charge in [0.25, 0.3) is 0 Å². The highest BCUT2D eigenvalue weighted by Gasteiger charge is 1.18. The van der Waals surface area contributed by atoms with E-state index in [0.29, 0.717) is 0 Å². The van der Waals surface area contributed by atoms with Gasteiger partial charge in [-0.15, -0.1) is 12.8 Å². The minimum absolute atomic E-state index is 1.72. The number of terminal acetylenes is 1. The zero-order chi connectivity index (χ0) is 4.71. The highest BCUT2D eigenvalue weighted by molar-refractivity contribution is 14.1. The Labute approximate surface area is 46.4 Å². The summed E-state index contributed by atoms with van der Waals surface area (Å²) in [6.45, 7) is 3.35. The van der Waals surface area contributed by atoms with Gasteiger partial charge < -0.3 is 0 Å². The second kappa shape index (κ2) is 34.9. The Hall–Kier alpha value is 0.0300. The van der Waals surface area contributed by atoms with Gasteiger partial charge >= 0.3 is 0 Å². The molecule has 0 atom stereocenters. The summed E-state index contributed by atoms with van der Waals surface area (Å²) in [6.07, 6.45) is 8.00. The lowest BCUT2D eigenvalue weighted by Crippen LogP contribution is -0.888. The largest absolute Gasteiger partial charge is 0.124 e. The SMILES string of the molecule is C#C.C=CI. The first-order valence-electron chi connectivity index (χ1n) is 0.960. The van der Waals surface area contributed by atoms with Crippen LogP contribution in [-0.2, 0) is 0 Å². The first-order valence-corrected chi connectivity index (χ1v) is 2.21. The molecule has 0 saturated carbocycles. The molecule has 0 aliphatic rings. The van der Waals surface area contributed by atoms with E-state index in [4.69, 9.17) is 0 Å². The van der Waals surface area contributed by atoms with E-state index in [2.05, 4.69) is 42.0 Å². The first-order chi connectivity index (χ1) is 2.41. The molecule has 0 heterocycles. The molecule has 0 bridgehead atoms. The van der Waals surface area contributed by atoms with Crippen molar-refractivity contribution in [3.8, 4) is 12.8 Å². The van der Waals surface area contributed by atoms with Gasteiger partial charge in [0.15, 0.2) is 0 Å². The summed E-state index contributed by atoms with van der Waals surface area (Å²) in [4.78, 5) is 0. The molecule has 0 aromatic rings. The quantitative estimate of drug-likeness (QED) is 0.394. The van der Waals surface area contributed by atoms with Crippen molar-refractivity contribution in [3.05, 3.63) is 10.7 Å². The van der Waals surface area contributed by atoms with Crippen LogP contribution < -0.4 is 0 Å². The van der Waals surface area contributed by atoms with E-state index in [1.807, 2.05) is 0 Å². The molecule has 0 fully saturated rings. The average Bonchev–Trinajstić information content (AvgIpc) is 1.46. The van der Waals surface area contributed by atoms with Gasteiger partial charge in [0.2, 0.25) is 0 Å². The van der Waals surface area contributed by atoms with Crippen molar-refractivity contribution in [1.82, 2.24) is 0 Å². The molecule has 0 radical (unpaired) electrons. The Bertz CT molecular complexity index is 27.9. The van der Waals surface area contributed by atoms with Gasteiger partial charge in [-0.05, 0) is 4.08 Å². The highest BCUT2D eigenvalue weighted by Crippen LogP contribution is 1.70. The highest BCUT2D eigenvalue weighted by atomic mass is 127. The predicted octanol–water partition coefficient (Wildman–Crippen LogP) is 1.81. The van der Waals surface area contributed by atoms with Gasteiger partial charge in [0.05, 0.1) is 0 Å². The molecule has 0 amide bonds. The van der Waals surface area contributed by atoms with E-state index in [0.717, 1.165) is 0 Å². The lowest BCUT2D eigenvalue weighted by atomic mass is 11.3. The molecule has 0 spiro atoms. The fourth-order valence-corrected chi connectivity index (χ4v) is 0. The lowest BCUT2D eigenvalue weighted by Gasteiger charge is -1.27. The molecule has 0 nitrogen and oxygen atoms in total. The molecular weight excluding hydrogens is 175 g/mol. The van der Waals surface area contributed by atoms with Crippen LogP contribution in [0.4, 0.5) is 0 Å². The van der Waals surface area contributed by atoms with Crippen molar-refractivity contribution < 1.29 is 0 Å². The fraction of sp³-hybridized carbons (Fsp3) is 0. The predicted molar refractivity (Wildman–Crippen MR) is 34.1 cm³/mol. The standard InChI is InChI=1S/C2H3I.C2H2/c1-2-3;1-2/h2H,1H2;1-2H.